The standard InChI is InChI=1S/C17H16ClNO/c1-17(2)9-15-13(16(20)10-17)6-7-14(19-15)11-4-3-5-12(18)8-11/h3-8H,9-10H2,1-2H3. The molecule has 0 unspecified atom stereocenters. The molecule has 0 spiro atoms. The van der Waals surface area contributed by atoms with Crippen molar-refractivity contribution in [3.63, 3.8) is 0 Å². The van der Waals surface area contributed by atoms with E-state index in [2.05, 4.69) is 13.8 Å². The first-order valence-electron chi connectivity index (χ1n) is 6.74. The Hall–Kier alpha value is -1.67. The summed E-state index contributed by atoms with van der Waals surface area (Å²) in [5.41, 5.74) is 3.52. The predicted molar refractivity (Wildman–Crippen MR) is 81.1 cm³/mol. The number of hydrogen-bond donors (Lipinski definition) is 0. The minimum Gasteiger partial charge on any atom is -0.294 e. The fraction of sp³-hybridized carbons (Fsp3) is 0.294. The number of aromatic nitrogens is 1. The first-order chi connectivity index (χ1) is 9.44. The Balaban J connectivity index is 2.07. The molecule has 0 aliphatic heterocycles. The van der Waals surface area contributed by atoms with Gasteiger partial charge < -0.3 is 0 Å². The molecule has 2 aromatic rings. The average Bonchev–Trinajstić information content (AvgIpc) is 2.36. The van der Waals surface area contributed by atoms with E-state index in [-0.39, 0.29) is 11.2 Å². The highest BCUT2D eigenvalue weighted by Crippen LogP contribution is 2.35. The minimum atomic E-state index is -0.00988. The van der Waals surface area contributed by atoms with E-state index >= 15 is 0 Å². The molecule has 20 heavy (non-hydrogen) atoms. The van der Waals surface area contributed by atoms with E-state index < -0.39 is 0 Å². The summed E-state index contributed by atoms with van der Waals surface area (Å²) in [6.07, 6.45) is 1.43. The van der Waals surface area contributed by atoms with Crippen LogP contribution < -0.4 is 0 Å². The lowest BCUT2D eigenvalue weighted by Crippen LogP contribution is -2.27. The number of ketones is 1. The molecule has 1 aliphatic rings. The maximum atomic E-state index is 12.1. The van der Waals surface area contributed by atoms with E-state index in [9.17, 15) is 4.79 Å². The number of carbonyl (C=O) groups is 1. The zero-order valence-corrected chi connectivity index (χ0v) is 12.4. The predicted octanol–water partition coefficient (Wildman–Crippen LogP) is 4.56. The van der Waals surface area contributed by atoms with Gasteiger partial charge in [0.15, 0.2) is 5.78 Å². The molecule has 2 nitrogen and oxygen atoms in total. The Kier molecular flexibility index (Phi) is 3.14. The Morgan fingerprint density at radius 1 is 1.15 bits per heavy atom. The lowest BCUT2D eigenvalue weighted by molar-refractivity contribution is 0.0910. The molecule has 0 N–H and O–H groups in total. The summed E-state index contributed by atoms with van der Waals surface area (Å²) in [7, 11) is 0. The van der Waals surface area contributed by atoms with Crippen LogP contribution in [0.25, 0.3) is 11.3 Å². The van der Waals surface area contributed by atoms with Crippen molar-refractivity contribution in [1.29, 1.82) is 0 Å². The number of hydrogen-bond acceptors (Lipinski definition) is 2. The second kappa shape index (κ2) is 4.71. The summed E-state index contributed by atoms with van der Waals surface area (Å²) in [5.74, 6) is 0.196. The minimum absolute atomic E-state index is 0.00988. The van der Waals surface area contributed by atoms with Gasteiger partial charge >= 0.3 is 0 Å². The molecule has 1 heterocycles. The summed E-state index contributed by atoms with van der Waals surface area (Å²) in [6.45, 7) is 4.23. The van der Waals surface area contributed by atoms with Crippen molar-refractivity contribution in [2.75, 3.05) is 0 Å². The molecular weight excluding hydrogens is 270 g/mol. The van der Waals surface area contributed by atoms with E-state index in [1.165, 1.54) is 0 Å². The summed E-state index contributed by atoms with van der Waals surface area (Å²) < 4.78 is 0. The van der Waals surface area contributed by atoms with Crippen LogP contribution in [0.1, 0.15) is 36.3 Å². The topological polar surface area (TPSA) is 30.0 Å². The average molecular weight is 286 g/mol. The second-order valence-electron chi connectivity index (χ2n) is 6.14. The lowest BCUT2D eigenvalue weighted by atomic mass is 9.75. The highest BCUT2D eigenvalue weighted by Gasteiger charge is 2.31. The van der Waals surface area contributed by atoms with Crippen molar-refractivity contribution >= 4 is 17.4 Å². The number of pyridine rings is 1. The normalized spacial score (nSPS) is 16.9. The van der Waals surface area contributed by atoms with Crippen LogP contribution in [0.5, 0.6) is 0 Å². The van der Waals surface area contributed by atoms with Gasteiger partial charge in [0.25, 0.3) is 0 Å². The Morgan fingerprint density at radius 2 is 1.95 bits per heavy atom. The maximum Gasteiger partial charge on any atom is 0.165 e. The van der Waals surface area contributed by atoms with Gasteiger partial charge in [-0.3, -0.25) is 9.78 Å². The highest BCUT2D eigenvalue weighted by atomic mass is 35.5. The van der Waals surface area contributed by atoms with Crippen LogP contribution in [0, 0.1) is 5.41 Å². The molecule has 0 saturated heterocycles. The quantitative estimate of drug-likeness (QED) is 0.769. The Bertz CT molecular complexity index is 691. The first-order valence-corrected chi connectivity index (χ1v) is 7.11. The van der Waals surface area contributed by atoms with E-state index in [0.717, 1.165) is 28.9 Å². The van der Waals surface area contributed by atoms with Gasteiger partial charge in [0, 0.05) is 22.6 Å². The number of carbonyl (C=O) groups excluding carboxylic acids is 1. The molecule has 0 radical (unpaired) electrons. The molecule has 0 atom stereocenters. The number of nitrogens with zero attached hydrogens (tertiary/aromatic N) is 1. The van der Waals surface area contributed by atoms with Crippen LogP contribution in [0.2, 0.25) is 5.02 Å². The first kappa shape index (κ1) is 13.3. The van der Waals surface area contributed by atoms with E-state index in [1.54, 1.807) is 0 Å². The molecule has 102 valence electrons. The monoisotopic (exact) mass is 285 g/mol. The molecule has 1 aromatic carbocycles. The Labute approximate surface area is 123 Å². The SMILES string of the molecule is CC1(C)CC(=O)c2ccc(-c3cccc(Cl)c3)nc2C1. The van der Waals surface area contributed by atoms with Crippen LogP contribution in [0.4, 0.5) is 0 Å². The van der Waals surface area contributed by atoms with Crippen LogP contribution >= 0.6 is 11.6 Å². The maximum absolute atomic E-state index is 12.1. The van der Waals surface area contributed by atoms with Crippen molar-refractivity contribution in [3.8, 4) is 11.3 Å². The molecule has 0 fully saturated rings. The third-order valence-electron chi connectivity index (χ3n) is 3.68. The van der Waals surface area contributed by atoms with Crippen molar-refractivity contribution in [3.05, 3.63) is 52.7 Å². The molecule has 1 aromatic heterocycles. The molecule has 0 saturated carbocycles. The van der Waals surface area contributed by atoms with Gasteiger partial charge in [0.1, 0.15) is 0 Å². The van der Waals surface area contributed by atoms with Gasteiger partial charge in [-0.1, -0.05) is 37.6 Å². The summed E-state index contributed by atoms with van der Waals surface area (Å²) >= 11 is 6.02. The lowest BCUT2D eigenvalue weighted by Gasteiger charge is -2.29. The summed E-state index contributed by atoms with van der Waals surface area (Å²) in [5, 5.41) is 0.693. The largest absolute Gasteiger partial charge is 0.294 e. The van der Waals surface area contributed by atoms with Crippen LogP contribution in [0.15, 0.2) is 36.4 Å². The van der Waals surface area contributed by atoms with Gasteiger partial charge in [-0.25, -0.2) is 0 Å². The Morgan fingerprint density at radius 3 is 2.70 bits per heavy atom. The van der Waals surface area contributed by atoms with Crippen LogP contribution in [-0.4, -0.2) is 10.8 Å². The fourth-order valence-corrected chi connectivity index (χ4v) is 2.93. The second-order valence-corrected chi connectivity index (χ2v) is 6.58. The number of Topliss-reactive ketones (excluding diaryl/α,β-unsaturated/α-hetero) is 1. The van der Waals surface area contributed by atoms with Crippen molar-refractivity contribution in [2.45, 2.75) is 26.7 Å². The van der Waals surface area contributed by atoms with E-state index in [1.807, 2.05) is 36.4 Å². The zero-order valence-electron chi connectivity index (χ0n) is 11.6. The zero-order chi connectivity index (χ0) is 14.3. The molecule has 3 rings (SSSR count). The van der Waals surface area contributed by atoms with Crippen molar-refractivity contribution in [1.82, 2.24) is 4.98 Å². The van der Waals surface area contributed by atoms with Crippen molar-refractivity contribution < 1.29 is 4.79 Å². The summed E-state index contributed by atoms with van der Waals surface area (Å²) in [4.78, 5) is 16.8. The van der Waals surface area contributed by atoms with Gasteiger partial charge in [-0.05, 0) is 36.1 Å². The van der Waals surface area contributed by atoms with E-state index in [0.29, 0.717) is 11.4 Å². The summed E-state index contributed by atoms with van der Waals surface area (Å²) in [6, 6.07) is 11.4. The number of fused-ring (bicyclic) bond motifs is 1. The van der Waals surface area contributed by atoms with Gasteiger partial charge in [-0.15, -0.1) is 0 Å². The third kappa shape index (κ3) is 2.48. The van der Waals surface area contributed by atoms with E-state index in [4.69, 9.17) is 16.6 Å². The highest BCUT2D eigenvalue weighted by molar-refractivity contribution is 6.30. The fourth-order valence-electron chi connectivity index (χ4n) is 2.74. The van der Waals surface area contributed by atoms with Crippen molar-refractivity contribution in [2.24, 2.45) is 5.41 Å². The third-order valence-corrected chi connectivity index (χ3v) is 3.92. The number of halogens is 1. The molecule has 3 heteroatoms. The van der Waals surface area contributed by atoms with Gasteiger partial charge in [0.05, 0.1) is 11.4 Å². The van der Waals surface area contributed by atoms with Crippen LogP contribution in [-0.2, 0) is 6.42 Å². The molecule has 0 bridgehead atoms. The van der Waals surface area contributed by atoms with Crippen LogP contribution in [0.3, 0.4) is 0 Å². The number of rotatable bonds is 1. The van der Waals surface area contributed by atoms with Gasteiger partial charge in [-0.2, -0.15) is 0 Å². The smallest absolute Gasteiger partial charge is 0.165 e. The van der Waals surface area contributed by atoms with Gasteiger partial charge in [0.2, 0.25) is 0 Å². The molecule has 1 aliphatic carbocycles. The molecule has 0 amide bonds. The number of benzene rings is 1. The molecular formula is C17H16ClNO.